The van der Waals surface area contributed by atoms with Gasteiger partial charge >= 0.3 is 0 Å². The van der Waals surface area contributed by atoms with E-state index in [0.717, 1.165) is 35.4 Å². The molecule has 3 heterocycles. The van der Waals surface area contributed by atoms with Gasteiger partial charge in [-0.2, -0.15) is 0 Å². The molecule has 0 radical (unpaired) electrons. The highest BCUT2D eigenvalue weighted by Gasteiger charge is 2.24. The van der Waals surface area contributed by atoms with E-state index in [1.165, 1.54) is 27.1 Å². The number of nitrogens with one attached hydrogen (secondary N) is 2. The first-order valence-electron chi connectivity index (χ1n) is 8.47. The van der Waals surface area contributed by atoms with E-state index < -0.39 is 0 Å². The molecule has 134 valence electrons. The minimum Gasteiger partial charge on any atom is -0.383 e. The van der Waals surface area contributed by atoms with Crippen molar-refractivity contribution in [3.63, 3.8) is 0 Å². The monoisotopic (exact) mass is 386 g/mol. The number of carbonyl (C=O) groups excluding carboxylic acids is 1. The molecule has 1 aliphatic rings. The molecule has 1 aromatic carbocycles. The van der Waals surface area contributed by atoms with Crippen molar-refractivity contribution in [3.05, 3.63) is 40.8 Å². The molecule has 0 aliphatic carbocycles. The van der Waals surface area contributed by atoms with Gasteiger partial charge in [-0.15, -0.1) is 11.3 Å². The number of amides is 1. The fraction of sp³-hybridized carbons (Fsp3) is 0.278. The predicted molar refractivity (Wildman–Crippen MR) is 107 cm³/mol. The van der Waals surface area contributed by atoms with E-state index in [9.17, 15) is 4.79 Å². The molecule has 1 atom stereocenters. The first-order valence-corrected chi connectivity index (χ1v) is 10.3. The third-order valence-electron chi connectivity index (χ3n) is 4.40. The van der Waals surface area contributed by atoms with Crippen LogP contribution in [0.25, 0.3) is 10.2 Å². The molecule has 0 bridgehead atoms. The molecule has 26 heavy (non-hydrogen) atoms. The van der Waals surface area contributed by atoms with Crippen LogP contribution in [0.2, 0.25) is 0 Å². The average Bonchev–Trinajstić information content (AvgIpc) is 2.98. The highest BCUT2D eigenvalue weighted by Crippen LogP contribution is 2.35. The highest BCUT2D eigenvalue weighted by atomic mass is 32.2. The minimum atomic E-state index is -0.0841. The van der Waals surface area contributed by atoms with Gasteiger partial charge in [0.05, 0.1) is 29.6 Å². The average molecular weight is 387 g/mol. The topological polar surface area (TPSA) is 85.3 Å². The van der Waals surface area contributed by atoms with Gasteiger partial charge in [0.1, 0.15) is 17.2 Å². The molecule has 1 amide bonds. The minimum absolute atomic E-state index is 0.0841. The normalized spacial score (nSPS) is 16.4. The second kappa shape index (κ2) is 7.22. The summed E-state index contributed by atoms with van der Waals surface area (Å²) in [5, 5.41) is 4.42. The maximum Gasteiger partial charge on any atom is 0.234 e. The van der Waals surface area contributed by atoms with Crippen molar-refractivity contribution >= 4 is 50.7 Å². The number of thiophene rings is 1. The summed E-state index contributed by atoms with van der Waals surface area (Å²) >= 11 is 3.01. The van der Waals surface area contributed by atoms with E-state index in [0.29, 0.717) is 11.0 Å². The fourth-order valence-corrected chi connectivity index (χ4v) is 5.18. The molecule has 4 N–H and O–H groups in total. The van der Waals surface area contributed by atoms with E-state index >= 15 is 0 Å². The number of rotatable bonds is 4. The van der Waals surface area contributed by atoms with Crippen molar-refractivity contribution in [3.8, 4) is 0 Å². The molecule has 1 aliphatic heterocycles. The van der Waals surface area contributed by atoms with Crippen molar-refractivity contribution in [1.82, 2.24) is 9.97 Å². The SMILES string of the molecule is C[NH+]1CCc2c(sc3nc(SCC(=O)Nc4ccccc4)nc(N)c23)C1. The lowest BCUT2D eigenvalue weighted by Crippen LogP contribution is -3.08. The van der Waals surface area contributed by atoms with Crippen molar-refractivity contribution in [2.24, 2.45) is 0 Å². The Balaban J connectivity index is 1.50. The number of thioether (sulfide) groups is 1. The van der Waals surface area contributed by atoms with Crippen LogP contribution in [0.3, 0.4) is 0 Å². The molecule has 3 aromatic rings. The van der Waals surface area contributed by atoms with E-state index in [2.05, 4.69) is 22.3 Å². The number of likely N-dealkylation sites (N-methyl/N-ethyl adjacent to an activating group) is 1. The van der Waals surface area contributed by atoms with Gasteiger partial charge in [0.25, 0.3) is 0 Å². The summed E-state index contributed by atoms with van der Waals surface area (Å²) in [6.45, 7) is 2.12. The van der Waals surface area contributed by atoms with Crippen LogP contribution in [0.15, 0.2) is 35.5 Å². The number of nitrogen functional groups attached to an aromatic ring is 1. The molecule has 0 spiro atoms. The van der Waals surface area contributed by atoms with E-state index in [1.54, 1.807) is 11.3 Å². The summed E-state index contributed by atoms with van der Waals surface area (Å²) in [5.41, 5.74) is 8.32. The van der Waals surface area contributed by atoms with Crippen LogP contribution in [0.1, 0.15) is 10.4 Å². The number of nitrogens with two attached hydrogens (primary N) is 1. The summed E-state index contributed by atoms with van der Waals surface area (Å²) in [4.78, 5) is 25.0. The van der Waals surface area contributed by atoms with Crippen molar-refractivity contribution in [2.45, 2.75) is 18.1 Å². The fourth-order valence-electron chi connectivity index (χ4n) is 3.13. The first-order chi connectivity index (χ1) is 12.6. The lowest BCUT2D eigenvalue weighted by molar-refractivity contribution is -0.895. The number of aromatic nitrogens is 2. The third kappa shape index (κ3) is 3.53. The molecule has 6 nitrogen and oxygen atoms in total. The maximum atomic E-state index is 12.1. The molecular weight excluding hydrogens is 366 g/mol. The number of carbonyl (C=O) groups is 1. The summed E-state index contributed by atoms with van der Waals surface area (Å²) < 4.78 is 0. The molecular formula is C18H20N5OS2+. The maximum absolute atomic E-state index is 12.1. The van der Waals surface area contributed by atoms with Gasteiger partial charge in [0.15, 0.2) is 5.16 Å². The molecule has 0 saturated heterocycles. The van der Waals surface area contributed by atoms with Gasteiger partial charge in [0, 0.05) is 12.1 Å². The summed E-state index contributed by atoms with van der Waals surface area (Å²) in [7, 11) is 2.20. The Morgan fingerprint density at radius 1 is 1.35 bits per heavy atom. The summed E-state index contributed by atoms with van der Waals surface area (Å²) in [5.74, 6) is 0.690. The van der Waals surface area contributed by atoms with Gasteiger partial charge in [-0.3, -0.25) is 4.79 Å². The number of fused-ring (bicyclic) bond motifs is 3. The van der Waals surface area contributed by atoms with Gasteiger partial charge in [-0.05, 0) is 17.7 Å². The molecule has 0 fully saturated rings. The summed E-state index contributed by atoms with van der Waals surface area (Å²) in [6.07, 6.45) is 1.01. The number of hydrogen-bond donors (Lipinski definition) is 3. The van der Waals surface area contributed by atoms with Gasteiger partial charge in [0.2, 0.25) is 5.91 Å². The Labute approximate surface area is 159 Å². The van der Waals surface area contributed by atoms with Crippen LogP contribution in [0, 0.1) is 0 Å². The van der Waals surface area contributed by atoms with Crippen molar-refractivity contribution in [1.29, 1.82) is 0 Å². The zero-order valence-corrected chi connectivity index (χ0v) is 16.0. The molecule has 4 rings (SSSR count). The smallest absolute Gasteiger partial charge is 0.234 e. The second-order valence-electron chi connectivity index (χ2n) is 6.41. The van der Waals surface area contributed by atoms with Gasteiger partial charge in [-0.1, -0.05) is 30.0 Å². The van der Waals surface area contributed by atoms with Crippen LogP contribution in [-0.2, 0) is 17.8 Å². The first kappa shape index (κ1) is 17.3. The van der Waals surface area contributed by atoms with Crippen LogP contribution in [-0.4, -0.2) is 35.2 Å². The van der Waals surface area contributed by atoms with Crippen LogP contribution < -0.4 is 16.0 Å². The predicted octanol–water partition coefficient (Wildman–Crippen LogP) is 1.58. The molecule has 2 aromatic heterocycles. The van der Waals surface area contributed by atoms with E-state index in [1.807, 2.05) is 30.3 Å². The zero-order valence-electron chi connectivity index (χ0n) is 14.4. The Morgan fingerprint density at radius 2 is 2.15 bits per heavy atom. The van der Waals surface area contributed by atoms with Gasteiger partial charge < -0.3 is 16.0 Å². The Bertz CT molecular complexity index is 957. The van der Waals surface area contributed by atoms with Crippen LogP contribution in [0.4, 0.5) is 11.5 Å². The van der Waals surface area contributed by atoms with Crippen LogP contribution >= 0.6 is 23.1 Å². The zero-order chi connectivity index (χ0) is 18.1. The van der Waals surface area contributed by atoms with E-state index in [4.69, 9.17) is 5.73 Å². The Kier molecular flexibility index (Phi) is 4.80. The Morgan fingerprint density at radius 3 is 2.96 bits per heavy atom. The van der Waals surface area contributed by atoms with E-state index in [-0.39, 0.29) is 11.7 Å². The molecule has 0 saturated carbocycles. The van der Waals surface area contributed by atoms with Crippen molar-refractivity contribution < 1.29 is 9.69 Å². The number of hydrogen-bond acceptors (Lipinski definition) is 6. The second-order valence-corrected chi connectivity index (χ2v) is 8.44. The third-order valence-corrected chi connectivity index (χ3v) is 6.37. The van der Waals surface area contributed by atoms with Crippen LogP contribution in [0.5, 0.6) is 0 Å². The quantitative estimate of drug-likeness (QED) is 0.468. The number of benzene rings is 1. The lowest BCUT2D eigenvalue weighted by atomic mass is 10.1. The van der Waals surface area contributed by atoms with Gasteiger partial charge in [-0.25, -0.2) is 9.97 Å². The van der Waals surface area contributed by atoms with Crippen molar-refractivity contribution in [2.75, 3.05) is 30.4 Å². The number of anilines is 2. The number of nitrogens with zero attached hydrogens (tertiary/aromatic N) is 2. The molecule has 1 unspecified atom stereocenters. The number of quaternary nitrogens is 1. The highest BCUT2D eigenvalue weighted by molar-refractivity contribution is 7.99. The summed E-state index contributed by atoms with van der Waals surface area (Å²) in [6, 6.07) is 9.41. The Hall–Kier alpha value is -2.16. The largest absolute Gasteiger partial charge is 0.383 e. The molecule has 8 heteroatoms. The lowest BCUT2D eigenvalue weighted by Gasteiger charge is -2.19. The number of para-hydroxylation sites is 1. The standard InChI is InChI=1S/C18H19N5OS2/c1-23-8-7-12-13(9-23)26-17-15(12)16(19)21-18(22-17)25-10-14(24)20-11-5-3-2-4-6-11/h2-6H,7-10H2,1H3,(H,20,24)(H2,19,21,22)/p+1.